The first-order valence-electron chi connectivity index (χ1n) is 1.72. The topological polar surface area (TPSA) is 88.5 Å². The van der Waals surface area contributed by atoms with Crippen LogP contribution in [0.3, 0.4) is 0 Å². The first kappa shape index (κ1) is 23.6. The van der Waals surface area contributed by atoms with E-state index in [0.29, 0.717) is 0 Å². The third-order valence-electron chi connectivity index (χ3n) is 0. The molecule has 0 amide bonds. The van der Waals surface area contributed by atoms with Crippen LogP contribution in [-0.2, 0) is 19.2 Å². The van der Waals surface area contributed by atoms with Crippen molar-refractivity contribution in [2.75, 3.05) is 0 Å². The molecule has 0 atom stereocenters. The smallest absolute Gasteiger partial charge is 0.373 e. The minimum Gasteiger partial charge on any atom is -0.483 e. The lowest BCUT2D eigenvalue weighted by Crippen LogP contribution is -1.49. The van der Waals surface area contributed by atoms with E-state index in [2.05, 4.69) is 0 Å². The van der Waals surface area contributed by atoms with Crippen molar-refractivity contribution in [1.29, 1.82) is 0 Å². The van der Waals surface area contributed by atoms with Gasteiger partial charge in [0, 0.05) is 0 Å². The summed E-state index contributed by atoms with van der Waals surface area (Å²) in [4.78, 5) is 33.4. The van der Waals surface area contributed by atoms with E-state index in [4.69, 9.17) is 24.3 Å². The van der Waals surface area contributed by atoms with Crippen molar-refractivity contribution in [3.05, 3.63) is 0 Å². The second kappa shape index (κ2) is 138. The van der Waals surface area contributed by atoms with Crippen molar-refractivity contribution < 1.29 is 24.3 Å². The molecule has 0 aliphatic heterocycles. The van der Waals surface area contributed by atoms with Crippen LogP contribution in [0.1, 0.15) is 14.4 Å². The highest BCUT2D eigenvalue weighted by Crippen LogP contribution is 1.13. The predicted octanol–water partition coefficient (Wildman–Crippen LogP) is -0.0414. The van der Waals surface area contributed by atoms with Crippen molar-refractivity contribution >= 4 is 18.9 Å². The summed E-state index contributed by atoms with van der Waals surface area (Å²) >= 11 is 0. The maximum Gasteiger partial charge on any atom is 0.373 e. The molecule has 10 heavy (non-hydrogen) atoms. The van der Waals surface area contributed by atoms with E-state index in [9.17, 15) is 0 Å². The summed E-state index contributed by atoms with van der Waals surface area (Å²) in [5.41, 5.74) is 0. The molecule has 0 fully saturated rings. The summed E-state index contributed by atoms with van der Waals surface area (Å²) in [5.74, 6) is 0. The van der Waals surface area contributed by atoms with Crippen LogP contribution in [0.4, 0.5) is 0 Å². The van der Waals surface area contributed by atoms with E-state index in [1.807, 2.05) is 0 Å². The summed E-state index contributed by atoms with van der Waals surface area (Å²) < 4.78 is 0. The van der Waals surface area contributed by atoms with Gasteiger partial charge in [0.25, 0.3) is 6.47 Å². The van der Waals surface area contributed by atoms with Crippen LogP contribution in [0.2, 0.25) is 0 Å². The fourth-order valence-corrected chi connectivity index (χ4v) is 0. The molecular formula is C5H10O5. The zero-order valence-electron chi connectivity index (χ0n) is 4.73. The average molecular weight is 150 g/mol. The minimum atomic E-state index is -0.250. The van der Waals surface area contributed by atoms with Gasteiger partial charge >= 0.3 is 6.15 Å². The molecule has 0 radical (unpaired) electrons. The Hall–Kier alpha value is -1.48. The van der Waals surface area contributed by atoms with Gasteiger partial charge in [0.15, 0.2) is 0 Å². The monoisotopic (exact) mass is 150 g/mol. The molecule has 0 aromatic rings. The van der Waals surface area contributed by atoms with E-state index < -0.39 is 0 Å². The van der Waals surface area contributed by atoms with E-state index in [1.54, 1.807) is 0 Å². The maximum atomic E-state index is 8.81. The molecule has 0 spiro atoms. The number of hydrogen-bond acceptors (Lipinski definition) is 4. The van der Waals surface area contributed by atoms with Gasteiger partial charge in [-0.15, -0.1) is 0 Å². The Morgan fingerprint density at radius 1 is 1.30 bits per heavy atom. The highest BCUT2D eigenvalue weighted by molar-refractivity contribution is 5.44. The molecule has 5 nitrogen and oxygen atoms in total. The van der Waals surface area contributed by atoms with Crippen molar-refractivity contribution in [2.45, 2.75) is 14.4 Å². The van der Waals surface area contributed by atoms with Crippen LogP contribution >= 0.6 is 0 Å². The molecule has 1 N–H and O–H groups in total. The van der Waals surface area contributed by atoms with Gasteiger partial charge in [-0.1, -0.05) is 7.43 Å². The molecular weight excluding hydrogens is 140 g/mol. The Kier molecular flexibility index (Phi) is 326. The third kappa shape index (κ3) is 90.7. The van der Waals surface area contributed by atoms with E-state index in [1.165, 1.54) is 6.92 Å². The van der Waals surface area contributed by atoms with Gasteiger partial charge in [0.1, 0.15) is 6.29 Å². The van der Waals surface area contributed by atoms with E-state index in [0.717, 1.165) is 6.29 Å². The summed E-state index contributed by atoms with van der Waals surface area (Å²) in [5, 5.41) is 6.89. The van der Waals surface area contributed by atoms with Crippen LogP contribution < -0.4 is 0 Å². The van der Waals surface area contributed by atoms with Gasteiger partial charge in [0.05, 0.1) is 0 Å². The van der Waals surface area contributed by atoms with Crippen molar-refractivity contribution in [3.8, 4) is 0 Å². The molecule has 0 aromatic heterocycles. The van der Waals surface area contributed by atoms with Gasteiger partial charge in [-0.2, -0.15) is 9.59 Å². The number of aldehydes is 1. The molecule has 60 valence electrons. The summed E-state index contributed by atoms with van der Waals surface area (Å²) in [7, 11) is 0. The van der Waals surface area contributed by atoms with E-state index in [-0.39, 0.29) is 20.1 Å². The number of carbonyl (C=O) groups is 2. The minimum absolute atomic E-state index is 0. The van der Waals surface area contributed by atoms with Crippen molar-refractivity contribution in [1.82, 2.24) is 0 Å². The van der Waals surface area contributed by atoms with Crippen LogP contribution in [0.15, 0.2) is 0 Å². The lowest BCUT2D eigenvalue weighted by Gasteiger charge is -1.34. The SMILES string of the molecule is C.CC=O.O=C=O.O=CO. The Bertz CT molecular complexity index is 76.0. The second-order valence-corrected chi connectivity index (χ2v) is 0.424. The normalized spacial score (nSPS) is 3.30. The fourth-order valence-electron chi connectivity index (χ4n) is 0. The number of carboxylic acid groups (broad SMARTS) is 1. The number of carbonyl (C=O) groups excluding carboxylic acids is 3. The van der Waals surface area contributed by atoms with Gasteiger partial charge in [-0.05, 0) is 6.92 Å². The zero-order chi connectivity index (χ0) is 8.12. The first-order valence-corrected chi connectivity index (χ1v) is 1.72. The molecule has 0 aromatic carbocycles. The van der Waals surface area contributed by atoms with Crippen LogP contribution in [0, 0.1) is 0 Å². The fraction of sp³-hybridized carbons (Fsp3) is 0.400. The maximum absolute atomic E-state index is 8.81. The molecule has 0 heterocycles. The van der Waals surface area contributed by atoms with Gasteiger partial charge < -0.3 is 9.90 Å². The Morgan fingerprint density at radius 3 is 1.30 bits per heavy atom. The third-order valence-corrected chi connectivity index (χ3v) is 0. The lowest BCUT2D eigenvalue weighted by molar-refractivity contribution is -0.191. The Labute approximate surface area is 58.7 Å². The molecule has 0 rings (SSSR count). The largest absolute Gasteiger partial charge is 0.483 e. The van der Waals surface area contributed by atoms with Gasteiger partial charge in [-0.3, -0.25) is 4.79 Å². The highest BCUT2D eigenvalue weighted by atomic mass is 16.3. The average Bonchev–Trinajstić information content (AvgIpc) is 1.70. The van der Waals surface area contributed by atoms with Crippen molar-refractivity contribution in [3.63, 3.8) is 0 Å². The lowest BCUT2D eigenvalue weighted by atomic mass is 11.0. The quantitative estimate of drug-likeness (QED) is 0.489. The zero-order valence-corrected chi connectivity index (χ0v) is 4.73. The summed E-state index contributed by atoms with van der Waals surface area (Å²) in [6, 6.07) is 0. The summed E-state index contributed by atoms with van der Waals surface area (Å²) in [6.45, 7) is 1.19. The van der Waals surface area contributed by atoms with Gasteiger partial charge in [0.2, 0.25) is 0 Å². The highest BCUT2D eigenvalue weighted by Gasteiger charge is 1.24. The summed E-state index contributed by atoms with van der Waals surface area (Å²) in [6.07, 6.45) is 1.00. The second-order valence-electron chi connectivity index (χ2n) is 0.424. The number of hydrogen-bond donors (Lipinski definition) is 1. The van der Waals surface area contributed by atoms with Crippen LogP contribution in [0.5, 0.6) is 0 Å². The van der Waals surface area contributed by atoms with E-state index >= 15 is 0 Å². The number of rotatable bonds is 0. The molecule has 0 aliphatic carbocycles. The molecule has 0 saturated heterocycles. The van der Waals surface area contributed by atoms with Crippen LogP contribution in [0.25, 0.3) is 0 Å². The van der Waals surface area contributed by atoms with Crippen LogP contribution in [-0.4, -0.2) is 24.0 Å². The Balaban J connectivity index is -0.0000000257. The molecule has 0 saturated carbocycles. The molecule has 0 unspecified atom stereocenters. The molecule has 5 heteroatoms. The van der Waals surface area contributed by atoms with Crippen molar-refractivity contribution in [2.24, 2.45) is 0 Å². The van der Waals surface area contributed by atoms with Gasteiger partial charge in [-0.25, -0.2) is 0 Å². The standard InChI is InChI=1S/C2H4O.CH2O2.CO2.CH4/c1-2-3;2*2-1-3;/h2H,1H3;1H,(H,2,3);;1H4. The Morgan fingerprint density at radius 2 is 1.30 bits per heavy atom. The molecule has 0 aliphatic rings. The first-order chi connectivity index (χ1) is 4.24. The molecule has 0 bridgehead atoms. The predicted molar refractivity (Wildman–Crippen MR) is 32.2 cm³/mol.